The molecule has 160 valence electrons. The Morgan fingerprint density at radius 1 is 1.03 bits per heavy atom. The van der Waals surface area contributed by atoms with Gasteiger partial charge < -0.3 is 10.2 Å². The van der Waals surface area contributed by atoms with Gasteiger partial charge in [-0.1, -0.05) is 12.1 Å². The fourth-order valence-corrected chi connectivity index (χ4v) is 6.54. The number of aryl methyl sites for hydroxylation is 1. The second-order valence-electron chi connectivity index (χ2n) is 9.55. The number of carbonyl (C=O) groups excluding carboxylic acids is 1. The summed E-state index contributed by atoms with van der Waals surface area (Å²) in [5.41, 5.74) is 3.30. The second-order valence-corrected chi connectivity index (χ2v) is 10.4. The molecule has 3 aromatic rings. The molecule has 31 heavy (non-hydrogen) atoms. The molecule has 6 rings (SSSR count). The highest BCUT2D eigenvalue weighted by molar-refractivity contribution is 7.16. The SMILES string of the molecule is Cc1nc(C2CC2c2ccc(C(=O)N(C)C3C[C@H]4CC[C@@H](C3)N4)cc2)c2ccsc2n1. The first-order chi connectivity index (χ1) is 15.1. The largest absolute Gasteiger partial charge is 0.339 e. The molecule has 2 aromatic heterocycles. The maximum absolute atomic E-state index is 13.1. The van der Waals surface area contributed by atoms with E-state index in [2.05, 4.69) is 33.9 Å². The molecule has 3 fully saturated rings. The first kappa shape index (κ1) is 19.4. The van der Waals surface area contributed by atoms with Crippen molar-refractivity contribution < 1.29 is 4.79 Å². The Kier molecular flexibility index (Phi) is 4.62. The number of hydrogen-bond donors (Lipinski definition) is 1. The van der Waals surface area contributed by atoms with E-state index in [1.807, 2.05) is 31.0 Å². The molecule has 5 atom stereocenters. The summed E-state index contributed by atoms with van der Waals surface area (Å²) < 4.78 is 0. The highest BCUT2D eigenvalue weighted by atomic mass is 32.1. The zero-order chi connectivity index (χ0) is 21.1. The second kappa shape index (κ2) is 7.38. The monoisotopic (exact) mass is 432 g/mol. The van der Waals surface area contributed by atoms with E-state index in [1.54, 1.807) is 11.3 Å². The van der Waals surface area contributed by atoms with Gasteiger partial charge in [-0.3, -0.25) is 4.79 Å². The van der Waals surface area contributed by atoms with Gasteiger partial charge in [0.25, 0.3) is 5.91 Å². The van der Waals surface area contributed by atoms with Gasteiger partial charge >= 0.3 is 0 Å². The number of nitrogens with one attached hydrogen (secondary N) is 1. The van der Waals surface area contributed by atoms with Gasteiger partial charge in [0, 0.05) is 42.0 Å². The standard InChI is InChI=1S/C25H28N4OS/c1-14-26-23(20-9-10-31-24(20)27-14)22-13-21(22)15-3-5-16(6-4-15)25(30)29(2)19-11-17-7-8-18(12-19)28-17/h3-6,9-10,17-19,21-22,28H,7-8,11-13H2,1-2H3/t17-,18+,19?,21?,22?. The van der Waals surface area contributed by atoms with Crippen LogP contribution >= 0.6 is 11.3 Å². The van der Waals surface area contributed by atoms with E-state index < -0.39 is 0 Å². The van der Waals surface area contributed by atoms with E-state index in [4.69, 9.17) is 4.98 Å². The summed E-state index contributed by atoms with van der Waals surface area (Å²) in [6.07, 6.45) is 5.78. The van der Waals surface area contributed by atoms with Crippen LogP contribution in [0, 0.1) is 6.92 Å². The Bertz CT molecular complexity index is 1130. The average Bonchev–Trinajstić information content (AvgIpc) is 3.32. The zero-order valence-corrected chi connectivity index (χ0v) is 18.9. The van der Waals surface area contributed by atoms with Crippen molar-refractivity contribution in [3.63, 3.8) is 0 Å². The molecule has 1 aromatic carbocycles. The summed E-state index contributed by atoms with van der Waals surface area (Å²) >= 11 is 1.68. The third-order valence-corrected chi connectivity index (χ3v) is 8.32. The molecular formula is C25H28N4OS. The van der Waals surface area contributed by atoms with Crippen molar-refractivity contribution in [1.82, 2.24) is 20.2 Å². The van der Waals surface area contributed by atoms with Crippen molar-refractivity contribution in [2.75, 3.05) is 7.05 Å². The Morgan fingerprint density at radius 3 is 2.52 bits per heavy atom. The molecule has 0 spiro atoms. The number of nitrogens with zero attached hydrogens (tertiary/aromatic N) is 3. The number of benzene rings is 1. The minimum atomic E-state index is 0.150. The third kappa shape index (κ3) is 3.46. The lowest BCUT2D eigenvalue weighted by Gasteiger charge is -2.35. The number of fused-ring (bicyclic) bond motifs is 3. The number of thiophene rings is 1. The summed E-state index contributed by atoms with van der Waals surface area (Å²) in [4.78, 5) is 25.5. The molecule has 3 unspecified atom stereocenters. The van der Waals surface area contributed by atoms with Crippen molar-refractivity contribution >= 4 is 27.5 Å². The Morgan fingerprint density at radius 2 is 1.77 bits per heavy atom. The van der Waals surface area contributed by atoms with E-state index in [0.717, 1.165) is 35.5 Å². The Labute approximate surface area is 186 Å². The average molecular weight is 433 g/mol. The molecule has 4 heterocycles. The summed E-state index contributed by atoms with van der Waals surface area (Å²) in [7, 11) is 1.98. The molecule has 0 radical (unpaired) electrons. The third-order valence-electron chi connectivity index (χ3n) is 7.51. The van der Waals surface area contributed by atoms with Gasteiger partial charge in [-0.05, 0) is 74.1 Å². The van der Waals surface area contributed by atoms with Gasteiger partial charge in [-0.15, -0.1) is 11.3 Å². The van der Waals surface area contributed by atoms with E-state index in [9.17, 15) is 4.79 Å². The topological polar surface area (TPSA) is 58.1 Å². The van der Waals surface area contributed by atoms with Gasteiger partial charge in [0.1, 0.15) is 10.7 Å². The van der Waals surface area contributed by atoms with Crippen molar-refractivity contribution in [2.45, 2.75) is 69.0 Å². The van der Waals surface area contributed by atoms with Crippen molar-refractivity contribution in [1.29, 1.82) is 0 Å². The van der Waals surface area contributed by atoms with Crippen LogP contribution in [0.1, 0.15) is 71.4 Å². The van der Waals surface area contributed by atoms with Crippen LogP contribution in [0.2, 0.25) is 0 Å². The normalized spacial score (nSPS) is 29.3. The van der Waals surface area contributed by atoms with Crippen LogP contribution in [0.15, 0.2) is 35.7 Å². The van der Waals surface area contributed by atoms with Gasteiger partial charge in [0.2, 0.25) is 0 Å². The maximum atomic E-state index is 13.1. The summed E-state index contributed by atoms with van der Waals surface area (Å²) in [5, 5.41) is 6.97. The van der Waals surface area contributed by atoms with Gasteiger partial charge in [0.15, 0.2) is 0 Å². The molecule has 2 aliphatic heterocycles. The Hall–Kier alpha value is -2.31. The smallest absolute Gasteiger partial charge is 0.253 e. The lowest BCUT2D eigenvalue weighted by Crippen LogP contribution is -2.48. The van der Waals surface area contributed by atoms with Crippen molar-refractivity contribution in [3.05, 3.63) is 58.4 Å². The maximum Gasteiger partial charge on any atom is 0.253 e. The lowest BCUT2D eigenvalue weighted by atomic mass is 9.97. The molecule has 1 aliphatic carbocycles. The van der Waals surface area contributed by atoms with Crippen LogP contribution in [-0.4, -0.2) is 45.9 Å². The molecule has 2 bridgehead atoms. The molecule has 1 N–H and O–H groups in total. The summed E-state index contributed by atoms with van der Waals surface area (Å²) in [6.45, 7) is 1.98. The molecule has 6 heteroatoms. The highest BCUT2D eigenvalue weighted by Crippen LogP contribution is 2.55. The van der Waals surface area contributed by atoms with E-state index in [0.29, 0.717) is 30.0 Å². The number of amides is 1. The lowest BCUT2D eigenvalue weighted by molar-refractivity contribution is 0.0681. The molecule has 1 saturated carbocycles. The van der Waals surface area contributed by atoms with Gasteiger partial charge in [-0.25, -0.2) is 9.97 Å². The van der Waals surface area contributed by atoms with E-state index in [-0.39, 0.29) is 5.91 Å². The van der Waals surface area contributed by atoms with Crippen LogP contribution < -0.4 is 5.32 Å². The molecule has 3 aliphatic rings. The highest BCUT2D eigenvalue weighted by Gasteiger charge is 2.42. The Balaban J connectivity index is 1.16. The fraction of sp³-hybridized carbons (Fsp3) is 0.480. The zero-order valence-electron chi connectivity index (χ0n) is 18.0. The van der Waals surface area contributed by atoms with Crippen LogP contribution in [0.5, 0.6) is 0 Å². The van der Waals surface area contributed by atoms with Crippen LogP contribution in [0.3, 0.4) is 0 Å². The number of rotatable bonds is 4. The van der Waals surface area contributed by atoms with E-state index in [1.165, 1.54) is 29.5 Å². The predicted octanol–water partition coefficient (Wildman–Crippen LogP) is 4.63. The summed E-state index contributed by atoms with van der Waals surface area (Å²) in [6, 6.07) is 12.0. The first-order valence-electron chi connectivity index (χ1n) is 11.4. The van der Waals surface area contributed by atoms with Crippen LogP contribution in [0.25, 0.3) is 10.2 Å². The number of carbonyl (C=O) groups is 1. The summed E-state index contributed by atoms with van der Waals surface area (Å²) in [5.74, 6) is 1.94. The quantitative estimate of drug-likeness (QED) is 0.653. The van der Waals surface area contributed by atoms with E-state index >= 15 is 0 Å². The number of piperidine rings is 1. The molecular weight excluding hydrogens is 404 g/mol. The van der Waals surface area contributed by atoms with Crippen molar-refractivity contribution in [2.24, 2.45) is 0 Å². The van der Waals surface area contributed by atoms with Crippen LogP contribution in [0.4, 0.5) is 0 Å². The molecule has 5 nitrogen and oxygen atoms in total. The number of hydrogen-bond acceptors (Lipinski definition) is 5. The van der Waals surface area contributed by atoms with Crippen LogP contribution in [-0.2, 0) is 0 Å². The fourth-order valence-electron chi connectivity index (χ4n) is 5.72. The van der Waals surface area contributed by atoms with Crippen molar-refractivity contribution in [3.8, 4) is 0 Å². The number of aromatic nitrogens is 2. The van der Waals surface area contributed by atoms with Gasteiger partial charge in [-0.2, -0.15) is 0 Å². The first-order valence-corrected chi connectivity index (χ1v) is 12.3. The van der Waals surface area contributed by atoms with Gasteiger partial charge in [0.05, 0.1) is 5.69 Å². The minimum Gasteiger partial charge on any atom is -0.339 e. The predicted molar refractivity (Wildman–Crippen MR) is 124 cm³/mol. The minimum absolute atomic E-state index is 0.150. The molecule has 1 amide bonds. The molecule has 2 saturated heterocycles.